The first kappa shape index (κ1) is 23.6. The van der Waals surface area contributed by atoms with Crippen molar-refractivity contribution in [3.8, 4) is 6.07 Å². The zero-order valence-corrected chi connectivity index (χ0v) is 17.2. The van der Waals surface area contributed by atoms with Gasteiger partial charge in [-0.3, -0.25) is 10.7 Å². The van der Waals surface area contributed by atoms with Gasteiger partial charge in [0.15, 0.2) is 11.8 Å². The fourth-order valence-electron chi connectivity index (χ4n) is 3.46. The maximum atomic E-state index is 15.2. The van der Waals surface area contributed by atoms with Crippen LogP contribution in [-0.4, -0.2) is 38.2 Å². The molecule has 0 saturated carbocycles. The summed E-state index contributed by atoms with van der Waals surface area (Å²) in [7, 11) is 0. The summed E-state index contributed by atoms with van der Waals surface area (Å²) in [6.07, 6.45) is -5.43. The predicted molar refractivity (Wildman–Crippen MR) is 112 cm³/mol. The summed E-state index contributed by atoms with van der Waals surface area (Å²) >= 11 is 0. The zero-order valence-electron chi connectivity index (χ0n) is 17.2. The Morgan fingerprint density at radius 1 is 1.12 bits per heavy atom. The maximum Gasteiger partial charge on any atom is 0.416 e. The van der Waals surface area contributed by atoms with Gasteiger partial charge in [-0.2, -0.15) is 18.4 Å². The van der Waals surface area contributed by atoms with Gasteiger partial charge in [0.2, 0.25) is 0 Å². The highest BCUT2D eigenvalue weighted by atomic mass is 19.4. The monoisotopic (exact) mass is 464 g/mol. The van der Waals surface area contributed by atoms with E-state index in [1.165, 1.54) is 24.3 Å². The summed E-state index contributed by atoms with van der Waals surface area (Å²) in [6, 6.07) is 9.51. The molecule has 2 aromatic carbocycles. The number of nitrogens with one attached hydrogen (secondary N) is 2. The summed E-state index contributed by atoms with van der Waals surface area (Å²) in [5.74, 6) is -1.33. The van der Waals surface area contributed by atoms with Crippen molar-refractivity contribution in [2.45, 2.75) is 12.8 Å². The summed E-state index contributed by atoms with van der Waals surface area (Å²) < 4.78 is 58.4. The van der Waals surface area contributed by atoms with Crippen molar-refractivity contribution < 1.29 is 27.1 Å². The number of nitrogens with two attached hydrogens (primary N) is 1. The number of anilines is 2. The molecule has 0 radical (unpaired) electrons. The lowest BCUT2D eigenvalue weighted by molar-refractivity contribution is -0.137. The standard InChI is InChI=1S/C21H20F4N6O2/c22-17-14(12-33-20(32)29-19(27)28)2-1-13(11-26)18(17)31-9-7-30(8-10-31)16-5-3-15(4-6-16)21(23,24)25/h1-6H,7-10,12H2,(H4,27,28,29,32). The Hall–Kier alpha value is -4.01. The SMILES string of the molecule is N#Cc1ccc(COC(=O)NC(=N)N)c(F)c1N1CCN(c2ccc(C(F)(F)F)cc2)CC1. The number of hydrogen-bond donors (Lipinski definition) is 3. The number of piperazine rings is 1. The molecule has 0 aliphatic carbocycles. The molecule has 0 bridgehead atoms. The van der Waals surface area contributed by atoms with Crippen molar-refractivity contribution in [3.63, 3.8) is 0 Å². The number of alkyl carbamates (subject to hydrolysis) is 1. The number of rotatable bonds is 4. The van der Waals surface area contributed by atoms with Gasteiger partial charge in [0.1, 0.15) is 12.7 Å². The number of carbonyl (C=O) groups is 1. The third-order valence-electron chi connectivity index (χ3n) is 5.07. The van der Waals surface area contributed by atoms with Crippen LogP contribution in [0.2, 0.25) is 0 Å². The van der Waals surface area contributed by atoms with Crippen LogP contribution in [0.15, 0.2) is 36.4 Å². The van der Waals surface area contributed by atoms with Crippen molar-refractivity contribution in [2.24, 2.45) is 5.73 Å². The number of guanidine groups is 1. The van der Waals surface area contributed by atoms with Gasteiger partial charge in [0.05, 0.1) is 16.8 Å². The quantitative estimate of drug-likeness (QED) is 0.363. The first-order valence-electron chi connectivity index (χ1n) is 9.76. The average Bonchev–Trinajstić information content (AvgIpc) is 2.77. The van der Waals surface area contributed by atoms with Gasteiger partial charge in [0.25, 0.3) is 0 Å². The Kier molecular flexibility index (Phi) is 6.91. The molecule has 0 spiro atoms. The van der Waals surface area contributed by atoms with Gasteiger partial charge < -0.3 is 20.3 Å². The van der Waals surface area contributed by atoms with Gasteiger partial charge >= 0.3 is 12.3 Å². The van der Waals surface area contributed by atoms with E-state index in [1.54, 1.807) is 4.90 Å². The highest BCUT2D eigenvalue weighted by Crippen LogP contribution is 2.32. The number of benzene rings is 2. The number of carbonyl (C=O) groups excluding carboxylic acids is 1. The van der Waals surface area contributed by atoms with Gasteiger partial charge in [-0.15, -0.1) is 0 Å². The third-order valence-corrected chi connectivity index (χ3v) is 5.07. The summed E-state index contributed by atoms with van der Waals surface area (Å²) in [5.41, 5.74) is 5.12. The highest BCUT2D eigenvalue weighted by Gasteiger charge is 2.30. The molecule has 174 valence electrons. The third kappa shape index (κ3) is 5.62. The Morgan fingerprint density at radius 2 is 1.73 bits per heavy atom. The number of halogens is 4. The molecule has 33 heavy (non-hydrogen) atoms. The lowest BCUT2D eigenvalue weighted by atomic mass is 10.1. The van der Waals surface area contributed by atoms with E-state index >= 15 is 4.39 Å². The van der Waals surface area contributed by atoms with Gasteiger partial charge in [-0.25, -0.2) is 9.18 Å². The summed E-state index contributed by atoms with van der Waals surface area (Å²) in [6.45, 7) is 1.01. The fourth-order valence-corrected chi connectivity index (χ4v) is 3.46. The minimum Gasteiger partial charge on any atom is -0.444 e. The largest absolute Gasteiger partial charge is 0.444 e. The second-order valence-electron chi connectivity index (χ2n) is 7.18. The van der Waals surface area contributed by atoms with Crippen LogP contribution in [0.3, 0.4) is 0 Å². The van der Waals surface area contributed by atoms with Crippen LogP contribution in [0.4, 0.5) is 33.7 Å². The number of hydrogen-bond acceptors (Lipinski definition) is 6. The molecule has 0 atom stereocenters. The van der Waals surface area contributed by atoms with E-state index in [9.17, 15) is 23.2 Å². The van der Waals surface area contributed by atoms with Gasteiger partial charge in [-0.05, 0) is 30.3 Å². The molecule has 2 aromatic rings. The lowest BCUT2D eigenvalue weighted by Gasteiger charge is -2.38. The zero-order chi connectivity index (χ0) is 24.2. The molecular formula is C21H20F4N6O2. The normalized spacial score (nSPS) is 13.9. The molecule has 3 rings (SSSR count). The second kappa shape index (κ2) is 9.64. The van der Waals surface area contributed by atoms with Crippen LogP contribution in [0.25, 0.3) is 0 Å². The van der Waals surface area contributed by atoms with Crippen LogP contribution in [-0.2, 0) is 17.5 Å². The van der Waals surface area contributed by atoms with Crippen LogP contribution in [0, 0.1) is 22.6 Å². The molecule has 1 aliphatic rings. The van der Waals surface area contributed by atoms with Crippen molar-refractivity contribution in [1.29, 1.82) is 10.7 Å². The first-order chi connectivity index (χ1) is 15.6. The molecule has 4 N–H and O–H groups in total. The fraction of sp³-hybridized carbons (Fsp3) is 0.286. The van der Waals surface area contributed by atoms with E-state index in [2.05, 4.69) is 0 Å². The van der Waals surface area contributed by atoms with Crippen molar-refractivity contribution in [3.05, 3.63) is 58.9 Å². The molecular weight excluding hydrogens is 444 g/mol. The Balaban J connectivity index is 1.71. The second-order valence-corrected chi connectivity index (χ2v) is 7.18. The number of ether oxygens (including phenoxy) is 1. The number of amides is 1. The summed E-state index contributed by atoms with van der Waals surface area (Å²) in [4.78, 5) is 15.0. The molecule has 1 aliphatic heterocycles. The molecule has 8 nitrogen and oxygen atoms in total. The lowest BCUT2D eigenvalue weighted by Crippen LogP contribution is -2.47. The van der Waals surface area contributed by atoms with E-state index in [0.717, 1.165) is 12.1 Å². The van der Waals surface area contributed by atoms with E-state index in [1.807, 2.05) is 16.3 Å². The van der Waals surface area contributed by atoms with E-state index < -0.39 is 36.2 Å². The maximum absolute atomic E-state index is 15.2. The Bertz CT molecular complexity index is 1070. The molecule has 0 aromatic heterocycles. The predicted octanol–water partition coefficient (Wildman–Crippen LogP) is 3.16. The number of nitrogens with zero attached hydrogens (tertiary/aromatic N) is 3. The molecule has 1 saturated heterocycles. The number of alkyl halides is 3. The van der Waals surface area contributed by atoms with Crippen LogP contribution >= 0.6 is 0 Å². The Labute approximate surface area is 186 Å². The van der Waals surface area contributed by atoms with E-state index in [-0.39, 0.29) is 16.8 Å². The van der Waals surface area contributed by atoms with E-state index in [0.29, 0.717) is 31.9 Å². The van der Waals surface area contributed by atoms with Crippen LogP contribution in [0.5, 0.6) is 0 Å². The van der Waals surface area contributed by atoms with E-state index in [4.69, 9.17) is 15.9 Å². The topological polar surface area (TPSA) is 118 Å². The van der Waals surface area contributed by atoms with Crippen LogP contribution in [0.1, 0.15) is 16.7 Å². The van der Waals surface area contributed by atoms with Crippen molar-refractivity contribution in [2.75, 3.05) is 36.0 Å². The van der Waals surface area contributed by atoms with Crippen molar-refractivity contribution in [1.82, 2.24) is 5.32 Å². The van der Waals surface area contributed by atoms with Crippen molar-refractivity contribution >= 4 is 23.4 Å². The van der Waals surface area contributed by atoms with Gasteiger partial charge in [0, 0.05) is 37.4 Å². The molecule has 12 heteroatoms. The Morgan fingerprint density at radius 3 is 2.27 bits per heavy atom. The molecule has 1 fully saturated rings. The smallest absolute Gasteiger partial charge is 0.416 e. The molecule has 1 amide bonds. The number of nitriles is 1. The highest BCUT2D eigenvalue weighted by molar-refractivity contribution is 5.90. The minimum absolute atomic E-state index is 0.0351. The molecule has 1 heterocycles. The first-order valence-corrected chi connectivity index (χ1v) is 9.76. The van der Waals surface area contributed by atoms with Gasteiger partial charge in [-0.1, -0.05) is 6.07 Å². The van der Waals surface area contributed by atoms with Crippen LogP contribution < -0.4 is 20.9 Å². The summed E-state index contributed by atoms with van der Waals surface area (Å²) in [5, 5.41) is 18.3. The average molecular weight is 464 g/mol. The minimum atomic E-state index is -4.41. The molecule has 0 unspecified atom stereocenters.